The predicted octanol–water partition coefficient (Wildman–Crippen LogP) is 2.48. The zero-order chi connectivity index (χ0) is 14.2. The van der Waals surface area contributed by atoms with Gasteiger partial charge in [-0.3, -0.25) is 9.78 Å². The van der Waals surface area contributed by atoms with E-state index in [2.05, 4.69) is 15.6 Å². The molecule has 4 nitrogen and oxygen atoms in total. The number of carbonyl (C=O) groups excluding carboxylic acids is 1. The molecule has 104 valence electrons. The molecule has 1 saturated heterocycles. The molecule has 2 heterocycles. The first-order valence-corrected chi connectivity index (χ1v) is 6.97. The summed E-state index contributed by atoms with van der Waals surface area (Å²) in [5.41, 5.74) is 2.28. The molecular weight excluding hydrogens is 250 g/mol. The molecule has 0 aliphatic carbocycles. The number of aryl methyl sites for hydroxylation is 1. The maximum atomic E-state index is 12.5. The third-order valence-corrected chi connectivity index (χ3v) is 4.02. The maximum absolute atomic E-state index is 12.5. The van der Waals surface area contributed by atoms with Crippen molar-refractivity contribution < 1.29 is 4.79 Å². The van der Waals surface area contributed by atoms with Gasteiger partial charge in [0.2, 0.25) is 5.91 Å². The topological polar surface area (TPSA) is 54.0 Å². The molecule has 3 rings (SSSR count). The van der Waals surface area contributed by atoms with Crippen molar-refractivity contribution in [3.05, 3.63) is 36.0 Å². The van der Waals surface area contributed by atoms with E-state index in [-0.39, 0.29) is 11.3 Å². The predicted molar refractivity (Wildman–Crippen MR) is 80.7 cm³/mol. The van der Waals surface area contributed by atoms with Crippen molar-refractivity contribution >= 4 is 22.5 Å². The Morgan fingerprint density at radius 3 is 2.95 bits per heavy atom. The molecule has 20 heavy (non-hydrogen) atoms. The summed E-state index contributed by atoms with van der Waals surface area (Å²) in [6.07, 6.45) is 0.871. The molecule has 0 bridgehead atoms. The van der Waals surface area contributed by atoms with Gasteiger partial charge in [0.05, 0.1) is 16.6 Å². The van der Waals surface area contributed by atoms with Crippen LogP contribution in [0, 0.1) is 12.3 Å². The Morgan fingerprint density at radius 1 is 1.35 bits per heavy atom. The number of aromatic nitrogens is 1. The molecule has 0 radical (unpaired) electrons. The van der Waals surface area contributed by atoms with Crippen molar-refractivity contribution in [2.45, 2.75) is 20.3 Å². The average molecular weight is 269 g/mol. The quantitative estimate of drug-likeness (QED) is 0.880. The number of nitrogens with one attached hydrogen (secondary N) is 2. The third kappa shape index (κ3) is 2.27. The maximum Gasteiger partial charge on any atom is 0.231 e. The Morgan fingerprint density at radius 2 is 2.20 bits per heavy atom. The smallest absolute Gasteiger partial charge is 0.231 e. The largest absolute Gasteiger partial charge is 0.324 e. The highest BCUT2D eigenvalue weighted by molar-refractivity contribution is 6.02. The van der Waals surface area contributed by atoms with E-state index in [0.717, 1.165) is 41.8 Å². The zero-order valence-electron chi connectivity index (χ0n) is 11.9. The molecule has 0 saturated carbocycles. The van der Waals surface area contributed by atoms with Crippen LogP contribution >= 0.6 is 0 Å². The van der Waals surface area contributed by atoms with Gasteiger partial charge in [0.15, 0.2) is 0 Å². The Kier molecular flexibility index (Phi) is 3.18. The van der Waals surface area contributed by atoms with Crippen molar-refractivity contribution in [1.29, 1.82) is 0 Å². The van der Waals surface area contributed by atoms with Gasteiger partial charge >= 0.3 is 0 Å². The van der Waals surface area contributed by atoms with Gasteiger partial charge in [0, 0.05) is 17.6 Å². The molecule has 1 unspecified atom stereocenters. The molecule has 2 N–H and O–H groups in total. The van der Waals surface area contributed by atoms with Crippen LogP contribution in [0.2, 0.25) is 0 Å². The lowest BCUT2D eigenvalue weighted by molar-refractivity contribution is -0.123. The Hall–Kier alpha value is -1.94. The van der Waals surface area contributed by atoms with Crippen molar-refractivity contribution in [3.63, 3.8) is 0 Å². The first kappa shape index (κ1) is 13.1. The summed E-state index contributed by atoms with van der Waals surface area (Å²) in [6.45, 7) is 5.60. The van der Waals surface area contributed by atoms with Crippen molar-refractivity contribution in [2.24, 2.45) is 5.41 Å². The second kappa shape index (κ2) is 4.87. The molecule has 1 aromatic heterocycles. The zero-order valence-corrected chi connectivity index (χ0v) is 11.9. The van der Waals surface area contributed by atoms with Crippen LogP contribution in [0.25, 0.3) is 10.9 Å². The summed E-state index contributed by atoms with van der Waals surface area (Å²) in [6, 6.07) is 9.89. The van der Waals surface area contributed by atoms with E-state index in [9.17, 15) is 4.79 Å². The Labute approximate surface area is 118 Å². The molecule has 1 fully saturated rings. The van der Waals surface area contributed by atoms with Crippen LogP contribution in [0.3, 0.4) is 0 Å². The first-order chi connectivity index (χ1) is 9.58. The SMILES string of the molecule is Cc1ccc2cccc(NC(=O)C3(C)CCNC3)c2n1. The fraction of sp³-hybridized carbons (Fsp3) is 0.375. The van der Waals surface area contributed by atoms with Crippen LogP contribution in [0.4, 0.5) is 5.69 Å². The van der Waals surface area contributed by atoms with E-state index in [4.69, 9.17) is 0 Å². The average Bonchev–Trinajstić information content (AvgIpc) is 2.88. The van der Waals surface area contributed by atoms with Crippen LogP contribution in [0.1, 0.15) is 19.0 Å². The van der Waals surface area contributed by atoms with Gasteiger partial charge in [0.25, 0.3) is 0 Å². The second-order valence-corrected chi connectivity index (χ2v) is 5.77. The minimum absolute atomic E-state index is 0.0679. The van der Waals surface area contributed by atoms with Gasteiger partial charge in [-0.05, 0) is 38.9 Å². The summed E-state index contributed by atoms with van der Waals surface area (Å²) in [4.78, 5) is 17.0. The number of benzene rings is 1. The normalized spacial score (nSPS) is 22.1. The van der Waals surface area contributed by atoms with Gasteiger partial charge < -0.3 is 10.6 Å². The lowest BCUT2D eigenvalue weighted by atomic mass is 9.88. The number of pyridine rings is 1. The molecule has 1 aliphatic rings. The molecule has 1 atom stereocenters. The number of fused-ring (bicyclic) bond motifs is 1. The minimum Gasteiger partial charge on any atom is -0.324 e. The highest BCUT2D eigenvalue weighted by Gasteiger charge is 2.36. The second-order valence-electron chi connectivity index (χ2n) is 5.77. The molecule has 0 spiro atoms. The summed E-state index contributed by atoms with van der Waals surface area (Å²) in [5, 5.41) is 7.35. The van der Waals surface area contributed by atoms with Gasteiger partial charge in [-0.2, -0.15) is 0 Å². The number of amides is 1. The van der Waals surface area contributed by atoms with E-state index < -0.39 is 0 Å². The number of para-hydroxylation sites is 1. The molecular formula is C16H19N3O. The van der Waals surface area contributed by atoms with E-state index in [1.165, 1.54) is 0 Å². The summed E-state index contributed by atoms with van der Waals surface area (Å²) >= 11 is 0. The van der Waals surface area contributed by atoms with Crippen molar-refractivity contribution in [1.82, 2.24) is 10.3 Å². The van der Waals surface area contributed by atoms with E-state index in [1.807, 2.05) is 44.2 Å². The van der Waals surface area contributed by atoms with Crippen LogP contribution in [0.5, 0.6) is 0 Å². The summed E-state index contributed by atoms with van der Waals surface area (Å²) in [5.74, 6) is 0.0679. The highest BCUT2D eigenvalue weighted by Crippen LogP contribution is 2.28. The molecule has 1 aliphatic heterocycles. The van der Waals surface area contributed by atoms with Gasteiger partial charge in [-0.1, -0.05) is 18.2 Å². The molecule has 4 heteroatoms. The van der Waals surface area contributed by atoms with Crippen molar-refractivity contribution in [3.8, 4) is 0 Å². The summed E-state index contributed by atoms with van der Waals surface area (Å²) < 4.78 is 0. The Balaban J connectivity index is 1.94. The van der Waals surface area contributed by atoms with Gasteiger partial charge in [-0.15, -0.1) is 0 Å². The first-order valence-electron chi connectivity index (χ1n) is 6.97. The van der Waals surface area contributed by atoms with Crippen LogP contribution < -0.4 is 10.6 Å². The number of hydrogen-bond acceptors (Lipinski definition) is 3. The van der Waals surface area contributed by atoms with Gasteiger partial charge in [-0.25, -0.2) is 0 Å². The van der Waals surface area contributed by atoms with Crippen LogP contribution in [0.15, 0.2) is 30.3 Å². The number of anilines is 1. The standard InChI is InChI=1S/C16H19N3O/c1-11-6-7-12-4-3-5-13(14(12)18-11)19-15(20)16(2)8-9-17-10-16/h3-7,17H,8-10H2,1-2H3,(H,19,20). The van der Waals surface area contributed by atoms with Crippen LogP contribution in [-0.2, 0) is 4.79 Å². The van der Waals surface area contributed by atoms with Gasteiger partial charge in [0.1, 0.15) is 0 Å². The van der Waals surface area contributed by atoms with Crippen molar-refractivity contribution in [2.75, 3.05) is 18.4 Å². The van der Waals surface area contributed by atoms with E-state index in [0.29, 0.717) is 0 Å². The monoisotopic (exact) mass is 269 g/mol. The molecule has 2 aromatic rings. The Bertz CT molecular complexity index is 660. The third-order valence-electron chi connectivity index (χ3n) is 4.02. The minimum atomic E-state index is -0.327. The lowest BCUT2D eigenvalue weighted by Gasteiger charge is -2.21. The highest BCUT2D eigenvalue weighted by atomic mass is 16.2. The molecule has 1 amide bonds. The number of rotatable bonds is 2. The van der Waals surface area contributed by atoms with Crippen LogP contribution in [-0.4, -0.2) is 24.0 Å². The number of hydrogen-bond donors (Lipinski definition) is 2. The number of nitrogens with zero attached hydrogens (tertiary/aromatic N) is 1. The van der Waals surface area contributed by atoms with E-state index >= 15 is 0 Å². The summed E-state index contributed by atoms with van der Waals surface area (Å²) in [7, 11) is 0. The fourth-order valence-corrected chi connectivity index (χ4v) is 2.63. The fourth-order valence-electron chi connectivity index (χ4n) is 2.63. The lowest BCUT2D eigenvalue weighted by Crippen LogP contribution is -2.35. The molecule has 1 aromatic carbocycles. The van der Waals surface area contributed by atoms with E-state index in [1.54, 1.807) is 0 Å². The number of carbonyl (C=O) groups is 1.